The molecule has 6 nitrogen and oxygen atoms in total. The van der Waals surface area contributed by atoms with E-state index >= 15 is 0 Å². The first-order valence-corrected chi connectivity index (χ1v) is 14.8. The second-order valence-corrected chi connectivity index (χ2v) is 10.9. The zero-order valence-electron chi connectivity index (χ0n) is 22.1. The van der Waals surface area contributed by atoms with Crippen LogP contribution in [0, 0.1) is 0 Å². The van der Waals surface area contributed by atoms with E-state index in [2.05, 4.69) is 27.7 Å². The molecule has 0 bridgehead atoms. The van der Waals surface area contributed by atoms with Crippen molar-refractivity contribution < 1.29 is 28.8 Å². The van der Waals surface area contributed by atoms with Gasteiger partial charge in [-0.3, -0.25) is 0 Å². The van der Waals surface area contributed by atoms with Gasteiger partial charge >= 0.3 is 0 Å². The van der Waals surface area contributed by atoms with Gasteiger partial charge in [-0.1, -0.05) is 65.0 Å². The fourth-order valence-corrected chi connectivity index (χ4v) is 5.41. The minimum absolute atomic E-state index is 0.105. The molecule has 35 heavy (non-hydrogen) atoms. The molecule has 0 saturated carbocycles. The number of unbranched alkanes of at least 4 members (excludes halogenated alkanes) is 4. The molecular formula is C27H47ClO6S. The Morgan fingerprint density at radius 3 is 1.91 bits per heavy atom. The summed E-state index contributed by atoms with van der Waals surface area (Å²) in [7, 11) is 0. The first-order valence-electron chi connectivity index (χ1n) is 13.6. The van der Waals surface area contributed by atoms with Crippen LogP contribution in [0.4, 0.5) is 0 Å². The van der Waals surface area contributed by atoms with Crippen molar-refractivity contribution in [2.75, 3.05) is 33.0 Å². The highest BCUT2D eigenvalue weighted by molar-refractivity contribution is 7.16. The minimum atomic E-state index is -0.368. The van der Waals surface area contributed by atoms with Crippen LogP contribution in [0.5, 0.6) is 0 Å². The molecule has 1 aromatic heterocycles. The van der Waals surface area contributed by atoms with Gasteiger partial charge in [-0.2, -0.15) is 0 Å². The lowest BCUT2D eigenvalue weighted by atomic mass is 9.93. The van der Waals surface area contributed by atoms with Crippen LogP contribution in [0.3, 0.4) is 0 Å². The van der Waals surface area contributed by atoms with Gasteiger partial charge in [-0.05, 0) is 31.7 Å². The molecule has 0 aromatic carbocycles. The molecule has 0 amide bonds. The van der Waals surface area contributed by atoms with E-state index in [1.165, 1.54) is 11.3 Å². The number of hydrogen-bond acceptors (Lipinski definition) is 7. The molecule has 2 heterocycles. The van der Waals surface area contributed by atoms with E-state index in [0.29, 0.717) is 42.9 Å². The standard InChI is InChI=1S/C27H47ClO6S/c1-5-9-13-30-19-21-23(31-14-10-6-2)25(32-15-11-7-3)26(33-16-12-8-4)24(34-21)22-17-20(18-29)27(28)35-22/h17,21,23-26,29H,5-16,18-19H2,1-4H3/t21-,23-,24+,25+,26+/m1/s1. The zero-order chi connectivity index (χ0) is 25.5. The molecule has 0 spiro atoms. The number of aliphatic hydroxyl groups excluding tert-OH is 1. The summed E-state index contributed by atoms with van der Waals surface area (Å²) in [5.74, 6) is 0. The molecule has 1 aromatic rings. The zero-order valence-corrected chi connectivity index (χ0v) is 23.7. The molecule has 1 aliphatic rings. The van der Waals surface area contributed by atoms with Gasteiger partial charge in [0.05, 0.1) is 17.6 Å². The average Bonchev–Trinajstić information content (AvgIpc) is 3.24. The van der Waals surface area contributed by atoms with E-state index in [1.807, 2.05) is 6.07 Å². The first-order chi connectivity index (χ1) is 17.1. The molecule has 1 saturated heterocycles. The minimum Gasteiger partial charge on any atom is -0.392 e. The predicted octanol–water partition coefficient (Wildman–Crippen LogP) is 6.71. The molecule has 204 valence electrons. The topological polar surface area (TPSA) is 66.4 Å². The number of halogens is 1. The van der Waals surface area contributed by atoms with Gasteiger partial charge in [0.15, 0.2) is 0 Å². The van der Waals surface area contributed by atoms with Gasteiger partial charge in [0.2, 0.25) is 0 Å². The molecule has 1 fully saturated rings. The Bertz CT molecular complexity index is 672. The third kappa shape index (κ3) is 9.86. The summed E-state index contributed by atoms with van der Waals surface area (Å²) in [6, 6.07) is 1.93. The largest absolute Gasteiger partial charge is 0.392 e. The first kappa shape index (κ1) is 31.0. The summed E-state index contributed by atoms with van der Waals surface area (Å²) in [4.78, 5) is 0.940. The van der Waals surface area contributed by atoms with E-state index in [0.717, 1.165) is 56.2 Å². The van der Waals surface area contributed by atoms with Crippen molar-refractivity contribution in [2.45, 2.75) is 116 Å². The Kier molecular flexibility index (Phi) is 16.0. The molecule has 1 N–H and O–H groups in total. The van der Waals surface area contributed by atoms with Gasteiger partial charge in [0, 0.05) is 36.9 Å². The lowest BCUT2D eigenvalue weighted by molar-refractivity contribution is -0.267. The van der Waals surface area contributed by atoms with Crippen LogP contribution in [-0.2, 0) is 30.3 Å². The summed E-state index contributed by atoms with van der Waals surface area (Å²) >= 11 is 7.87. The highest BCUT2D eigenvalue weighted by Crippen LogP contribution is 2.42. The van der Waals surface area contributed by atoms with Gasteiger partial charge in [0.1, 0.15) is 30.5 Å². The maximum Gasteiger partial charge on any atom is 0.121 e. The number of ether oxygens (including phenoxy) is 5. The molecule has 0 unspecified atom stereocenters. The summed E-state index contributed by atoms with van der Waals surface area (Å²) < 4.78 is 32.7. The third-order valence-electron chi connectivity index (χ3n) is 6.21. The third-order valence-corrected chi connectivity index (χ3v) is 7.71. The maximum atomic E-state index is 9.73. The van der Waals surface area contributed by atoms with Crippen LogP contribution in [0.1, 0.15) is 95.6 Å². The quantitative estimate of drug-likeness (QED) is 0.199. The van der Waals surface area contributed by atoms with E-state index in [4.69, 9.17) is 35.3 Å². The van der Waals surface area contributed by atoms with Gasteiger partial charge < -0.3 is 28.8 Å². The Morgan fingerprint density at radius 2 is 1.37 bits per heavy atom. The van der Waals surface area contributed by atoms with Crippen LogP contribution in [0.25, 0.3) is 0 Å². The smallest absolute Gasteiger partial charge is 0.121 e. The Morgan fingerprint density at radius 1 is 0.829 bits per heavy atom. The van der Waals surface area contributed by atoms with Crippen LogP contribution >= 0.6 is 22.9 Å². The highest BCUT2D eigenvalue weighted by Gasteiger charge is 2.49. The van der Waals surface area contributed by atoms with Crippen LogP contribution in [0.2, 0.25) is 4.34 Å². The average molecular weight is 535 g/mol. The Balaban J connectivity index is 2.38. The van der Waals surface area contributed by atoms with Gasteiger partial charge in [-0.25, -0.2) is 0 Å². The highest BCUT2D eigenvalue weighted by atomic mass is 35.5. The number of rotatable bonds is 19. The molecule has 0 radical (unpaired) electrons. The van der Waals surface area contributed by atoms with Crippen molar-refractivity contribution >= 4 is 22.9 Å². The summed E-state index contributed by atoms with van der Waals surface area (Å²) in [6.45, 7) is 11.6. The molecule has 1 aliphatic heterocycles. The maximum absolute atomic E-state index is 9.73. The second-order valence-electron chi connectivity index (χ2n) is 9.20. The molecular weight excluding hydrogens is 488 g/mol. The fraction of sp³-hybridized carbons (Fsp3) is 0.852. The Hall–Kier alpha value is -0.250. The SMILES string of the molecule is CCCCOC[C@H]1O[C@@H](c2cc(CO)c(Cl)s2)[C@H](OCCCC)[C@@H](OCCCC)[C@@H]1OCCCC. The Labute approximate surface area is 221 Å². The lowest BCUT2D eigenvalue weighted by Gasteiger charge is -2.46. The second kappa shape index (κ2) is 18.1. The number of thiophene rings is 1. The van der Waals surface area contributed by atoms with E-state index in [1.54, 1.807) is 0 Å². The van der Waals surface area contributed by atoms with Gasteiger partial charge in [0.25, 0.3) is 0 Å². The molecule has 8 heteroatoms. The summed E-state index contributed by atoms with van der Waals surface area (Å²) in [5, 5.41) is 9.73. The normalized spacial score (nSPS) is 24.8. The molecule has 0 aliphatic carbocycles. The van der Waals surface area contributed by atoms with Crippen LogP contribution < -0.4 is 0 Å². The van der Waals surface area contributed by atoms with Crippen LogP contribution in [0.15, 0.2) is 6.07 Å². The van der Waals surface area contributed by atoms with Crippen molar-refractivity contribution in [3.8, 4) is 0 Å². The number of aliphatic hydroxyl groups is 1. The van der Waals surface area contributed by atoms with E-state index in [-0.39, 0.29) is 37.1 Å². The van der Waals surface area contributed by atoms with E-state index < -0.39 is 0 Å². The summed E-state index contributed by atoms with van der Waals surface area (Å²) in [6.07, 6.45) is 6.61. The van der Waals surface area contributed by atoms with Crippen molar-refractivity contribution in [1.29, 1.82) is 0 Å². The number of hydrogen-bond donors (Lipinski definition) is 1. The fourth-order valence-electron chi connectivity index (χ4n) is 4.06. The molecule has 2 rings (SSSR count). The van der Waals surface area contributed by atoms with Crippen molar-refractivity contribution in [2.24, 2.45) is 0 Å². The van der Waals surface area contributed by atoms with Crippen LogP contribution in [-0.4, -0.2) is 62.6 Å². The van der Waals surface area contributed by atoms with Crippen molar-refractivity contribution in [3.05, 3.63) is 20.8 Å². The predicted molar refractivity (Wildman–Crippen MR) is 143 cm³/mol. The molecule has 5 atom stereocenters. The summed E-state index contributed by atoms with van der Waals surface area (Å²) in [5.41, 5.74) is 0.711. The lowest BCUT2D eigenvalue weighted by Crippen LogP contribution is -2.58. The van der Waals surface area contributed by atoms with Crippen molar-refractivity contribution in [1.82, 2.24) is 0 Å². The monoisotopic (exact) mass is 534 g/mol. The van der Waals surface area contributed by atoms with Crippen molar-refractivity contribution in [3.63, 3.8) is 0 Å². The van der Waals surface area contributed by atoms with E-state index in [9.17, 15) is 5.11 Å². The van der Waals surface area contributed by atoms with Gasteiger partial charge in [-0.15, -0.1) is 11.3 Å².